The van der Waals surface area contributed by atoms with Crippen LogP contribution in [0.1, 0.15) is 21.6 Å². The number of carbonyl (C=O) groups is 1. The molecular weight excluding hydrogens is 253 g/mol. The van der Waals surface area contributed by atoms with Crippen LogP contribution in [0.2, 0.25) is 0 Å². The SMILES string of the molecule is COC(=O)c1c(C)cc(CN)nc1OC(F)(F)F. The minimum absolute atomic E-state index is 0.0729. The van der Waals surface area contributed by atoms with Gasteiger partial charge in [-0.05, 0) is 18.6 Å². The van der Waals surface area contributed by atoms with Crippen molar-refractivity contribution in [1.29, 1.82) is 0 Å². The van der Waals surface area contributed by atoms with Crippen molar-refractivity contribution in [3.05, 3.63) is 22.9 Å². The summed E-state index contributed by atoms with van der Waals surface area (Å²) in [6.07, 6.45) is -4.95. The minimum atomic E-state index is -4.95. The van der Waals surface area contributed by atoms with Gasteiger partial charge in [-0.2, -0.15) is 0 Å². The van der Waals surface area contributed by atoms with Crippen LogP contribution >= 0.6 is 0 Å². The van der Waals surface area contributed by atoms with Crippen LogP contribution in [0.3, 0.4) is 0 Å². The second-order valence-electron chi connectivity index (χ2n) is 3.35. The van der Waals surface area contributed by atoms with Crippen LogP contribution in [0.25, 0.3) is 0 Å². The molecule has 1 heterocycles. The molecule has 0 aliphatic heterocycles. The average molecular weight is 264 g/mol. The highest BCUT2D eigenvalue weighted by molar-refractivity contribution is 5.93. The number of rotatable bonds is 3. The summed E-state index contributed by atoms with van der Waals surface area (Å²) in [5.41, 5.74) is 5.35. The first kappa shape index (κ1) is 14.2. The van der Waals surface area contributed by atoms with Gasteiger partial charge < -0.3 is 15.2 Å². The number of halogens is 3. The van der Waals surface area contributed by atoms with Gasteiger partial charge in [0.15, 0.2) is 0 Å². The molecule has 0 fully saturated rings. The highest BCUT2D eigenvalue weighted by Crippen LogP contribution is 2.27. The van der Waals surface area contributed by atoms with E-state index < -0.39 is 18.2 Å². The van der Waals surface area contributed by atoms with Gasteiger partial charge in [0, 0.05) is 6.54 Å². The molecule has 5 nitrogen and oxygen atoms in total. The number of aryl methyl sites for hydroxylation is 1. The molecule has 0 saturated carbocycles. The Morgan fingerprint density at radius 2 is 2.11 bits per heavy atom. The van der Waals surface area contributed by atoms with Crippen molar-refractivity contribution in [3.63, 3.8) is 0 Å². The number of ether oxygens (including phenoxy) is 2. The van der Waals surface area contributed by atoms with Gasteiger partial charge in [0.1, 0.15) is 5.56 Å². The number of pyridine rings is 1. The molecule has 1 rings (SSSR count). The number of hydrogen-bond donors (Lipinski definition) is 1. The lowest BCUT2D eigenvalue weighted by Gasteiger charge is -2.14. The Hall–Kier alpha value is -1.83. The lowest BCUT2D eigenvalue weighted by molar-refractivity contribution is -0.276. The quantitative estimate of drug-likeness (QED) is 0.838. The first-order chi connectivity index (χ1) is 8.28. The van der Waals surface area contributed by atoms with E-state index in [1.165, 1.54) is 13.0 Å². The Labute approximate surface area is 101 Å². The minimum Gasteiger partial charge on any atom is -0.465 e. The maximum Gasteiger partial charge on any atom is 0.574 e. The number of methoxy groups -OCH3 is 1. The second kappa shape index (κ2) is 5.21. The predicted octanol–water partition coefficient (Wildman–Crippen LogP) is 1.53. The van der Waals surface area contributed by atoms with E-state index in [0.717, 1.165) is 7.11 Å². The van der Waals surface area contributed by atoms with Crippen molar-refractivity contribution in [2.75, 3.05) is 7.11 Å². The third kappa shape index (κ3) is 3.33. The van der Waals surface area contributed by atoms with Gasteiger partial charge >= 0.3 is 12.3 Å². The molecule has 1 aromatic rings. The van der Waals surface area contributed by atoms with E-state index in [0.29, 0.717) is 0 Å². The Kier molecular flexibility index (Phi) is 4.12. The average Bonchev–Trinajstić information content (AvgIpc) is 2.25. The Morgan fingerprint density at radius 3 is 2.56 bits per heavy atom. The summed E-state index contributed by atoms with van der Waals surface area (Å²) < 4.78 is 44.7. The third-order valence-electron chi connectivity index (χ3n) is 2.05. The standard InChI is InChI=1S/C10H11F3N2O3/c1-5-3-6(4-14)15-8(18-10(11,12)13)7(5)9(16)17-2/h3H,4,14H2,1-2H3. The maximum atomic E-state index is 12.2. The summed E-state index contributed by atoms with van der Waals surface area (Å²) >= 11 is 0. The van der Waals surface area contributed by atoms with E-state index >= 15 is 0 Å². The molecular formula is C10H11F3N2O3. The van der Waals surface area contributed by atoms with Gasteiger partial charge in [0.25, 0.3) is 0 Å². The van der Waals surface area contributed by atoms with Crippen molar-refractivity contribution in [2.24, 2.45) is 5.73 Å². The van der Waals surface area contributed by atoms with Crippen molar-refractivity contribution >= 4 is 5.97 Å². The lowest BCUT2D eigenvalue weighted by Crippen LogP contribution is -2.21. The van der Waals surface area contributed by atoms with E-state index in [2.05, 4.69) is 14.5 Å². The number of nitrogens with two attached hydrogens (primary N) is 1. The molecule has 0 aliphatic rings. The van der Waals surface area contributed by atoms with E-state index in [1.807, 2.05) is 0 Å². The van der Waals surface area contributed by atoms with Crippen LogP contribution in [0.15, 0.2) is 6.07 Å². The summed E-state index contributed by atoms with van der Waals surface area (Å²) in [4.78, 5) is 14.9. The van der Waals surface area contributed by atoms with E-state index in [9.17, 15) is 18.0 Å². The van der Waals surface area contributed by atoms with Crippen LogP contribution in [0.5, 0.6) is 5.88 Å². The summed E-state index contributed by atoms with van der Waals surface area (Å²) in [5, 5.41) is 0. The zero-order valence-corrected chi connectivity index (χ0v) is 9.67. The summed E-state index contributed by atoms with van der Waals surface area (Å²) in [5.74, 6) is -1.81. The monoisotopic (exact) mass is 264 g/mol. The van der Waals surface area contributed by atoms with E-state index in [-0.39, 0.29) is 23.4 Å². The first-order valence-electron chi connectivity index (χ1n) is 4.83. The van der Waals surface area contributed by atoms with Crippen LogP contribution in [0, 0.1) is 6.92 Å². The number of esters is 1. The number of nitrogens with zero attached hydrogens (tertiary/aromatic N) is 1. The molecule has 0 atom stereocenters. The fraction of sp³-hybridized carbons (Fsp3) is 0.400. The van der Waals surface area contributed by atoms with E-state index in [1.54, 1.807) is 0 Å². The van der Waals surface area contributed by atoms with E-state index in [4.69, 9.17) is 5.73 Å². The van der Waals surface area contributed by atoms with Gasteiger partial charge in [-0.1, -0.05) is 0 Å². The molecule has 0 aliphatic carbocycles. The number of hydrogen-bond acceptors (Lipinski definition) is 5. The molecule has 0 spiro atoms. The van der Waals surface area contributed by atoms with Crippen molar-refractivity contribution in [2.45, 2.75) is 19.8 Å². The highest BCUT2D eigenvalue weighted by Gasteiger charge is 2.34. The third-order valence-corrected chi connectivity index (χ3v) is 2.05. The lowest BCUT2D eigenvalue weighted by atomic mass is 10.1. The molecule has 0 unspecified atom stereocenters. The Morgan fingerprint density at radius 1 is 1.50 bits per heavy atom. The number of carbonyl (C=O) groups excluding carboxylic acids is 1. The second-order valence-corrected chi connectivity index (χ2v) is 3.35. The van der Waals surface area contributed by atoms with Crippen molar-refractivity contribution < 1.29 is 27.4 Å². The largest absolute Gasteiger partial charge is 0.574 e. The first-order valence-corrected chi connectivity index (χ1v) is 4.83. The van der Waals surface area contributed by atoms with Gasteiger partial charge in [-0.15, -0.1) is 13.2 Å². The van der Waals surface area contributed by atoms with Crippen LogP contribution in [0.4, 0.5) is 13.2 Å². The fourth-order valence-electron chi connectivity index (χ4n) is 1.35. The van der Waals surface area contributed by atoms with Gasteiger partial charge in [-0.25, -0.2) is 9.78 Å². The Balaban J connectivity index is 3.34. The number of aromatic nitrogens is 1. The predicted molar refractivity (Wildman–Crippen MR) is 54.9 cm³/mol. The molecule has 0 aromatic carbocycles. The number of alkyl halides is 3. The summed E-state index contributed by atoms with van der Waals surface area (Å²) in [6, 6.07) is 1.40. The van der Waals surface area contributed by atoms with Crippen LogP contribution < -0.4 is 10.5 Å². The smallest absolute Gasteiger partial charge is 0.465 e. The van der Waals surface area contributed by atoms with Gasteiger partial charge in [-0.3, -0.25) is 0 Å². The van der Waals surface area contributed by atoms with Crippen LogP contribution in [-0.4, -0.2) is 24.4 Å². The maximum absolute atomic E-state index is 12.2. The van der Waals surface area contributed by atoms with Gasteiger partial charge in [0.05, 0.1) is 12.8 Å². The summed E-state index contributed by atoms with van der Waals surface area (Å²) in [7, 11) is 1.05. The molecule has 0 radical (unpaired) electrons. The highest BCUT2D eigenvalue weighted by atomic mass is 19.4. The van der Waals surface area contributed by atoms with Crippen molar-refractivity contribution in [1.82, 2.24) is 4.98 Å². The molecule has 1 aromatic heterocycles. The topological polar surface area (TPSA) is 74.4 Å². The summed E-state index contributed by atoms with van der Waals surface area (Å²) in [6.45, 7) is 1.37. The zero-order valence-electron chi connectivity index (χ0n) is 9.67. The molecule has 0 bridgehead atoms. The molecule has 100 valence electrons. The van der Waals surface area contributed by atoms with Crippen molar-refractivity contribution in [3.8, 4) is 5.88 Å². The molecule has 0 saturated heterocycles. The molecule has 18 heavy (non-hydrogen) atoms. The molecule has 2 N–H and O–H groups in total. The van der Waals surface area contributed by atoms with Crippen LogP contribution in [-0.2, 0) is 11.3 Å². The molecule has 0 amide bonds. The van der Waals surface area contributed by atoms with Gasteiger partial charge in [0.2, 0.25) is 5.88 Å². The fourth-order valence-corrected chi connectivity index (χ4v) is 1.35. The normalized spacial score (nSPS) is 11.2. The Bertz CT molecular complexity index is 460. The molecule has 8 heteroatoms. The zero-order chi connectivity index (χ0) is 13.9.